The van der Waals surface area contributed by atoms with Crippen molar-refractivity contribution in [3.8, 4) is 11.5 Å². The predicted octanol–water partition coefficient (Wildman–Crippen LogP) is 2.89. The van der Waals surface area contributed by atoms with Crippen LogP contribution in [0.2, 0.25) is 0 Å². The van der Waals surface area contributed by atoms with Gasteiger partial charge in [-0.15, -0.1) is 0 Å². The fourth-order valence-electron chi connectivity index (χ4n) is 3.39. The Labute approximate surface area is 163 Å². The van der Waals surface area contributed by atoms with Crippen molar-refractivity contribution in [3.63, 3.8) is 0 Å². The molecule has 1 saturated heterocycles. The lowest BCUT2D eigenvalue weighted by atomic mass is 10.1. The largest absolute Gasteiger partial charge is 0.493 e. The van der Waals surface area contributed by atoms with Crippen molar-refractivity contribution in [2.75, 3.05) is 37.5 Å². The van der Waals surface area contributed by atoms with E-state index in [9.17, 15) is 8.78 Å². The highest BCUT2D eigenvalue weighted by atomic mass is 19.3. The average Bonchev–Trinajstić information content (AvgIpc) is 3.17. The number of methoxy groups -OCH3 is 1. The minimum Gasteiger partial charge on any atom is -0.493 e. The highest BCUT2D eigenvalue weighted by molar-refractivity contribution is 5.49. The summed E-state index contributed by atoms with van der Waals surface area (Å²) in [5, 5.41) is 6.47. The Bertz CT molecular complexity index is 778. The number of rotatable bonds is 9. The Morgan fingerprint density at radius 3 is 2.86 bits per heavy atom. The Morgan fingerprint density at radius 1 is 1.25 bits per heavy atom. The van der Waals surface area contributed by atoms with E-state index >= 15 is 0 Å². The number of anilines is 2. The average molecular weight is 393 g/mol. The summed E-state index contributed by atoms with van der Waals surface area (Å²) in [5.74, 6) is 2.04. The summed E-state index contributed by atoms with van der Waals surface area (Å²) >= 11 is 0. The molecule has 0 amide bonds. The highest BCUT2D eigenvalue weighted by Gasteiger charge is 2.25. The van der Waals surface area contributed by atoms with Crippen LogP contribution in [0, 0.1) is 0 Å². The minimum absolute atomic E-state index is 0.0346. The van der Waals surface area contributed by atoms with Crippen LogP contribution in [0.15, 0.2) is 30.6 Å². The monoisotopic (exact) mass is 393 g/mol. The van der Waals surface area contributed by atoms with Gasteiger partial charge in [0.05, 0.1) is 7.11 Å². The van der Waals surface area contributed by atoms with E-state index in [1.165, 1.54) is 13.2 Å². The fraction of sp³-hybridized carbons (Fsp3) is 0.474. The van der Waals surface area contributed by atoms with Crippen molar-refractivity contribution in [3.05, 3.63) is 36.2 Å². The van der Waals surface area contributed by atoms with Crippen LogP contribution in [0.3, 0.4) is 0 Å². The van der Waals surface area contributed by atoms with Crippen LogP contribution in [0.1, 0.15) is 18.4 Å². The Kier molecular flexibility index (Phi) is 6.80. The molecular weight excluding hydrogens is 368 g/mol. The lowest BCUT2D eigenvalue weighted by Crippen LogP contribution is -2.38. The van der Waals surface area contributed by atoms with Crippen molar-refractivity contribution in [1.29, 1.82) is 0 Å². The van der Waals surface area contributed by atoms with Gasteiger partial charge in [-0.1, -0.05) is 6.07 Å². The lowest BCUT2D eigenvalue weighted by molar-refractivity contribution is -0.0512. The van der Waals surface area contributed by atoms with E-state index in [1.807, 2.05) is 13.1 Å². The van der Waals surface area contributed by atoms with Crippen molar-refractivity contribution in [2.24, 2.45) is 0 Å². The van der Waals surface area contributed by atoms with E-state index in [2.05, 4.69) is 30.2 Å². The molecule has 1 fully saturated rings. The fourth-order valence-corrected chi connectivity index (χ4v) is 3.39. The molecule has 2 heterocycles. The second-order valence-electron chi connectivity index (χ2n) is 6.50. The van der Waals surface area contributed by atoms with E-state index in [-0.39, 0.29) is 5.75 Å². The number of nitrogens with one attached hydrogen (secondary N) is 2. The number of nitrogens with zero attached hydrogens (tertiary/aromatic N) is 3. The molecule has 1 atom stereocenters. The molecule has 2 aromatic rings. The number of alkyl halides is 2. The van der Waals surface area contributed by atoms with Crippen LogP contribution < -0.4 is 25.0 Å². The molecule has 152 valence electrons. The van der Waals surface area contributed by atoms with Crippen LogP contribution >= 0.6 is 0 Å². The van der Waals surface area contributed by atoms with Crippen molar-refractivity contribution in [2.45, 2.75) is 32.0 Å². The number of halogens is 2. The second-order valence-corrected chi connectivity index (χ2v) is 6.50. The second kappa shape index (κ2) is 9.50. The summed E-state index contributed by atoms with van der Waals surface area (Å²) in [6, 6.07) is 7.25. The van der Waals surface area contributed by atoms with Crippen molar-refractivity contribution >= 4 is 11.6 Å². The standard InChI is InChI=1S/C19H25F2N5O2/c1-22-17-9-18(25-12-24-17)26-7-3-4-14(26)11-23-10-13-5-6-15(28-19(20)21)16(8-13)27-2/h5-6,8-9,12,14,19,23H,3-4,7,10-11H2,1-2H3,(H,22,24,25). The summed E-state index contributed by atoms with van der Waals surface area (Å²) in [4.78, 5) is 10.8. The molecule has 1 aliphatic rings. The minimum atomic E-state index is -2.88. The van der Waals surface area contributed by atoms with Gasteiger partial charge in [-0.3, -0.25) is 0 Å². The summed E-state index contributed by atoms with van der Waals surface area (Å²) in [6.45, 7) is -0.533. The van der Waals surface area contributed by atoms with Gasteiger partial charge in [-0.05, 0) is 30.5 Å². The molecule has 3 rings (SSSR count). The molecule has 1 unspecified atom stereocenters. The predicted molar refractivity (Wildman–Crippen MR) is 103 cm³/mol. The normalized spacial score (nSPS) is 16.5. The van der Waals surface area contributed by atoms with Gasteiger partial charge in [0.15, 0.2) is 11.5 Å². The number of aromatic nitrogens is 2. The third-order valence-corrected chi connectivity index (χ3v) is 4.73. The zero-order valence-electron chi connectivity index (χ0n) is 16.0. The summed E-state index contributed by atoms with van der Waals surface area (Å²) in [6.07, 6.45) is 3.76. The molecule has 0 spiro atoms. The maximum atomic E-state index is 12.4. The maximum Gasteiger partial charge on any atom is 0.387 e. The first-order chi connectivity index (χ1) is 13.6. The third kappa shape index (κ3) is 4.98. The molecule has 9 heteroatoms. The van der Waals surface area contributed by atoms with Crippen LogP contribution in [0.4, 0.5) is 20.4 Å². The van der Waals surface area contributed by atoms with Gasteiger partial charge in [0.1, 0.15) is 18.0 Å². The SMILES string of the molecule is CNc1cc(N2CCCC2CNCc2ccc(OC(F)F)c(OC)c2)ncn1. The molecule has 28 heavy (non-hydrogen) atoms. The van der Waals surface area contributed by atoms with Gasteiger partial charge in [-0.25, -0.2) is 9.97 Å². The van der Waals surface area contributed by atoms with Crippen LogP contribution in [-0.2, 0) is 6.54 Å². The van der Waals surface area contributed by atoms with Crippen LogP contribution in [-0.4, -0.2) is 49.9 Å². The number of ether oxygens (including phenoxy) is 2. The lowest BCUT2D eigenvalue weighted by Gasteiger charge is -2.26. The first-order valence-electron chi connectivity index (χ1n) is 9.19. The smallest absolute Gasteiger partial charge is 0.387 e. The van der Waals surface area contributed by atoms with E-state index in [0.29, 0.717) is 18.3 Å². The van der Waals surface area contributed by atoms with Gasteiger partial charge in [0.2, 0.25) is 0 Å². The van der Waals surface area contributed by atoms with E-state index in [1.54, 1.807) is 18.5 Å². The molecular formula is C19H25F2N5O2. The van der Waals surface area contributed by atoms with Crippen LogP contribution in [0.5, 0.6) is 11.5 Å². The quantitative estimate of drug-likeness (QED) is 0.679. The van der Waals surface area contributed by atoms with Gasteiger partial charge >= 0.3 is 6.61 Å². The molecule has 0 radical (unpaired) electrons. The maximum absolute atomic E-state index is 12.4. The van der Waals surface area contributed by atoms with Gasteiger partial charge in [-0.2, -0.15) is 8.78 Å². The molecule has 0 bridgehead atoms. The number of hydrogen-bond acceptors (Lipinski definition) is 7. The Balaban J connectivity index is 1.58. The number of benzene rings is 1. The zero-order chi connectivity index (χ0) is 19.9. The first kappa shape index (κ1) is 20.1. The van der Waals surface area contributed by atoms with Crippen molar-refractivity contribution < 1.29 is 18.3 Å². The molecule has 2 N–H and O–H groups in total. The molecule has 7 nitrogen and oxygen atoms in total. The van der Waals surface area contributed by atoms with Gasteiger partial charge in [0, 0.05) is 38.8 Å². The Morgan fingerprint density at radius 2 is 2.11 bits per heavy atom. The van der Waals surface area contributed by atoms with Crippen molar-refractivity contribution in [1.82, 2.24) is 15.3 Å². The topological polar surface area (TPSA) is 71.5 Å². The molecule has 0 aliphatic carbocycles. The molecule has 0 saturated carbocycles. The highest BCUT2D eigenvalue weighted by Crippen LogP contribution is 2.29. The zero-order valence-corrected chi connectivity index (χ0v) is 16.0. The summed E-state index contributed by atoms with van der Waals surface area (Å²) < 4.78 is 34.5. The van der Waals surface area contributed by atoms with Gasteiger partial charge in [0.25, 0.3) is 0 Å². The van der Waals surface area contributed by atoms with E-state index < -0.39 is 6.61 Å². The summed E-state index contributed by atoms with van der Waals surface area (Å²) in [5.41, 5.74) is 0.933. The number of hydrogen-bond donors (Lipinski definition) is 2. The summed E-state index contributed by atoms with van der Waals surface area (Å²) in [7, 11) is 3.27. The Hall–Kier alpha value is -2.68. The van der Waals surface area contributed by atoms with Gasteiger partial charge < -0.3 is 25.0 Å². The molecule has 1 aromatic heterocycles. The first-order valence-corrected chi connectivity index (χ1v) is 9.19. The third-order valence-electron chi connectivity index (χ3n) is 4.73. The molecule has 1 aliphatic heterocycles. The van der Waals surface area contributed by atoms with E-state index in [0.717, 1.165) is 43.1 Å². The molecule has 1 aromatic carbocycles. The van der Waals surface area contributed by atoms with Crippen LogP contribution in [0.25, 0.3) is 0 Å². The van der Waals surface area contributed by atoms with E-state index in [4.69, 9.17) is 4.74 Å².